The van der Waals surface area contributed by atoms with E-state index in [4.69, 9.17) is 4.74 Å². The molecule has 0 saturated carbocycles. The van der Waals surface area contributed by atoms with E-state index in [0.29, 0.717) is 11.4 Å². The zero-order chi connectivity index (χ0) is 16.2. The van der Waals surface area contributed by atoms with Crippen molar-refractivity contribution in [2.24, 2.45) is 0 Å². The molecule has 112 valence electrons. The summed E-state index contributed by atoms with van der Waals surface area (Å²) in [5.74, 6) is 0.331. The van der Waals surface area contributed by atoms with Gasteiger partial charge in [0.25, 0.3) is 0 Å². The maximum Gasteiger partial charge on any atom is 0.232 e. The highest BCUT2D eigenvalue weighted by atomic mass is 16.5. The molecule has 2 aromatic heterocycles. The van der Waals surface area contributed by atoms with Crippen LogP contribution in [0.25, 0.3) is 22.4 Å². The number of nitrogens with zero attached hydrogens (tertiary/aromatic N) is 3. The Labute approximate surface area is 135 Å². The second-order valence-electron chi connectivity index (χ2n) is 5.15. The molecule has 0 unspecified atom stereocenters. The normalized spacial score (nSPS) is 10.1. The molecule has 0 aliphatic heterocycles. The molecule has 0 aliphatic rings. The predicted octanol–water partition coefficient (Wildman–Crippen LogP) is 4.00. The first-order valence-electron chi connectivity index (χ1n) is 7.19. The summed E-state index contributed by atoms with van der Waals surface area (Å²) in [6.45, 7) is 2.03. The van der Waals surface area contributed by atoms with Gasteiger partial charge in [0.05, 0.1) is 12.8 Å². The number of pyridine rings is 2. The fourth-order valence-corrected chi connectivity index (χ4v) is 2.41. The van der Waals surface area contributed by atoms with Gasteiger partial charge < -0.3 is 4.74 Å². The predicted molar refractivity (Wildman–Crippen MR) is 88.9 cm³/mol. The maximum atomic E-state index is 9.53. The Morgan fingerprint density at radius 3 is 2.30 bits per heavy atom. The van der Waals surface area contributed by atoms with E-state index in [9.17, 15) is 5.26 Å². The zero-order valence-electron chi connectivity index (χ0n) is 12.9. The third-order valence-corrected chi connectivity index (χ3v) is 3.63. The minimum atomic E-state index is 0.331. The lowest BCUT2D eigenvalue weighted by Crippen LogP contribution is -1.97. The molecule has 3 aromatic rings. The van der Waals surface area contributed by atoms with Crippen LogP contribution in [0.5, 0.6) is 5.88 Å². The molecule has 3 rings (SSSR count). The number of aryl methyl sites for hydroxylation is 1. The molecule has 4 heteroatoms. The van der Waals surface area contributed by atoms with E-state index >= 15 is 0 Å². The fourth-order valence-electron chi connectivity index (χ4n) is 2.41. The molecule has 0 saturated heterocycles. The molecular formula is C19H15N3O. The van der Waals surface area contributed by atoms with Crippen molar-refractivity contribution in [2.75, 3.05) is 7.11 Å². The molecule has 0 amide bonds. The van der Waals surface area contributed by atoms with E-state index in [1.54, 1.807) is 12.4 Å². The standard InChI is InChI=1S/C19H15N3O/c1-13-3-5-14(6-4-13)16-11-18(15-7-9-21-10-8-15)22-19(23-2)17(16)12-20/h3-11H,1-2H3. The summed E-state index contributed by atoms with van der Waals surface area (Å²) in [5.41, 5.74) is 5.06. The Bertz CT molecular complexity index is 866. The number of hydrogen-bond acceptors (Lipinski definition) is 4. The quantitative estimate of drug-likeness (QED) is 0.733. The van der Waals surface area contributed by atoms with Crippen LogP contribution in [-0.2, 0) is 0 Å². The Morgan fingerprint density at radius 1 is 1.00 bits per heavy atom. The van der Waals surface area contributed by atoms with E-state index in [1.165, 1.54) is 12.7 Å². The molecule has 0 atom stereocenters. The van der Waals surface area contributed by atoms with Crippen molar-refractivity contribution in [3.63, 3.8) is 0 Å². The molecule has 0 bridgehead atoms. The van der Waals surface area contributed by atoms with Crippen LogP contribution >= 0.6 is 0 Å². The first kappa shape index (κ1) is 14.7. The number of hydrogen-bond donors (Lipinski definition) is 0. The van der Waals surface area contributed by atoms with Crippen LogP contribution in [0, 0.1) is 18.3 Å². The highest BCUT2D eigenvalue weighted by Gasteiger charge is 2.15. The van der Waals surface area contributed by atoms with Gasteiger partial charge in [0.2, 0.25) is 5.88 Å². The molecular weight excluding hydrogens is 286 g/mol. The molecule has 0 N–H and O–H groups in total. The van der Waals surface area contributed by atoms with Gasteiger partial charge in [0.1, 0.15) is 11.6 Å². The topological polar surface area (TPSA) is 58.8 Å². The van der Waals surface area contributed by atoms with Crippen molar-refractivity contribution in [3.05, 3.63) is 66.0 Å². The van der Waals surface area contributed by atoms with Crippen molar-refractivity contribution in [1.29, 1.82) is 5.26 Å². The van der Waals surface area contributed by atoms with Gasteiger partial charge >= 0.3 is 0 Å². The van der Waals surface area contributed by atoms with Gasteiger partial charge in [-0.3, -0.25) is 4.98 Å². The van der Waals surface area contributed by atoms with Crippen LogP contribution < -0.4 is 4.74 Å². The van der Waals surface area contributed by atoms with Crippen molar-refractivity contribution in [1.82, 2.24) is 9.97 Å². The van der Waals surface area contributed by atoms with Crippen molar-refractivity contribution < 1.29 is 4.74 Å². The van der Waals surface area contributed by atoms with Gasteiger partial charge in [0, 0.05) is 23.5 Å². The second kappa shape index (κ2) is 6.29. The number of ether oxygens (including phenoxy) is 1. The first-order chi connectivity index (χ1) is 11.2. The maximum absolute atomic E-state index is 9.53. The third kappa shape index (κ3) is 2.90. The van der Waals surface area contributed by atoms with E-state index in [0.717, 1.165) is 22.4 Å². The summed E-state index contributed by atoms with van der Waals surface area (Å²) in [7, 11) is 1.53. The number of aromatic nitrogens is 2. The van der Waals surface area contributed by atoms with Gasteiger partial charge in [-0.2, -0.15) is 5.26 Å². The molecule has 23 heavy (non-hydrogen) atoms. The van der Waals surface area contributed by atoms with E-state index in [2.05, 4.69) is 16.0 Å². The number of methoxy groups -OCH3 is 1. The van der Waals surface area contributed by atoms with Gasteiger partial charge in [-0.05, 0) is 30.7 Å². The van der Waals surface area contributed by atoms with Crippen molar-refractivity contribution in [2.45, 2.75) is 6.92 Å². The lowest BCUT2D eigenvalue weighted by atomic mass is 9.98. The Hall–Kier alpha value is -3.19. The summed E-state index contributed by atoms with van der Waals surface area (Å²) >= 11 is 0. The second-order valence-corrected chi connectivity index (χ2v) is 5.15. The average molecular weight is 301 g/mol. The molecule has 0 spiro atoms. The highest BCUT2D eigenvalue weighted by molar-refractivity contribution is 5.77. The number of rotatable bonds is 3. The Balaban J connectivity index is 2.25. The zero-order valence-corrected chi connectivity index (χ0v) is 12.9. The van der Waals surface area contributed by atoms with Crippen molar-refractivity contribution in [3.8, 4) is 34.3 Å². The Kier molecular flexibility index (Phi) is 4.03. The minimum Gasteiger partial charge on any atom is -0.480 e. The summed E-state index contributed by atoms with van der Waals surface area (Å²) in [5, 5.41) is 9.53. The molecule has 0 radical (unpaired) electrons. The van der Waals surface area contributed by atoms with Gasteiger partial charge in [-0.25, -0.2) is 4.98 Å². The van der Waals surface area contributed by atoms with E-state index in [-0.39, 0.29) is 0 Å². The number of nitriles is 1. The lowest BCUT2D eigenvalue weighted by molar-refractivity contribution is 0.397. The SMILES string of the molecule is COc1nc(-c2ccncc2)cc(-c2ccc(C)cc2)c1C#N. The van der Waals surface area contributed by atoms with E-state index < -0.39 is 0 Å². The third-order valence-electron chi connectivity index (χ3n) is 3.63. The molecule has 2 heterocycles. The summed E-state index contributed by atoms with van der Waals surface area (Å²) < 4.78 is 5.34. The largest absolute Gasteiger partial charge is 0.480 e. The van der Waals surface area contributed by atoms with Crippen LogP contribution in [0.3, 0.4) is 0 Å². The molecule has 4 nitrogen and oxygen atoms in total. The minimum absolute atomic E-state index is 0.331. The monoisotopic (exact) mass is 301 g/mol. The lowest BCUT2D eigenvalue weighted by Gasteiger charge is -2.11. The molecule has 1 aromatic carbocycles. The Morgan fingerprint density at radius 2 is 1.70 bits per heavy atom. The van der Waals surface area contributed by atoms with Crippen LogP contribution in [-0.4, -0.2) is 17.1 Å². The average Bonchev–Trinajstić information content (AvgIpc) is 2.62. The smallest absolute Gasteiger partial charge is 0.232 e. The molecule has 0 aliphatic carbocycles. The fraction of sp³-hybridized carbons (Fsp3) is 0.105. The van der Waals surface area contributed by atoms with Gasteiger partial charge in [-0.1, -0.05) is 29.8 Å². The van der Waals surface area contributed by atoms with Crippen LogP contribution in [0.15, 0.2) is 54.9 Å². The van der Waals surface area contributed by atoms with Gasteiger partial charge in [0.15, 0.2) is 0 Å². The van der Waals surface area contributed by atoms with Crippen molar-refractivity contribution >= 4 is 0 Å². The van der Waals surface area contributed by atoms with E-state index in [1.807, 2.05) is 49.4 Å². The summed E-state index contributed by atoms with van der Waals surface area (Å²) in [6, 6.07) is 15.9. The van der Waals surface area contributed by atoms with Gasteiger partial charge in [-0.15, -0.1) is 0 Å². The molecule has 0 fully saturated rings. The van der Waals surface area contributed by atoms with Crippen LogP contribution in [0.1, 0.15) is 11.1 Å². The first-order valence-corrected chi connectivity index (χ1v) is 7.19. The van der Waals surface area contributed by atoms with Crippen LogP contribution in [0.2, 0.25) is 0 Å². The number of benzene rings is 1. The summed E-state index contributed by atoms with van der Waals surface area (Å²) in [6.07, 6.45) is 3.43. The van der Waals surface area contributed by atoms with Crippen LogP contribution in [0.4, 0.5) is 0 Å². The highest BCUT2D eigenvalue weighted by Crippen LogP contribution is 2.33. The summed E-state index contributed by atoms with van der Waals surface area (Å²) in [4.78, 5) is 8.49.